The molecular weight excluding hydrogens is 240 g/mol. The molecule has 0 aromatic heterocycles. The topological polar surface area (TPSA) is 64.3 Å². The van der Waals surface area contributed by atoms with E-state index in [-0.39, 0.29) is 18.4 Å². The van der Waals surface area contributed by atoms with Gasteiger partial charge >= 0.3 is 0 Å². The monoisotopic (exact) mass is 258 g/mol. The van der Waals surface area contributed by atoms with Crippen molar-refractivity contribution in [2.75, 3.05) is 14.2 Å². The minimum Gasteiger partial charge on any atom is -0.496 e. The van der Waals surface area contributed by atoms with Gasteiger partial charge in [-0.2, -0.15) is 0 Å². The van der Waals surface area contributed by atoms with E-state index in [1.54, 1.807) is 7.11 Å². The van der Waals surface area contributed by atoms with Crippen LogP contribution in [0.1, 0.15) is 18.0 Å². The van der Waals surface area contributed by atoms with Crippen LogP contribution in [0.2, 0.25) is 0 Å². The summed E-state index contributed by atoms with van der Waals surface area (Å²) < 4.78 is 5.43. The molecule has 0 radical (unpaired) electrons. The largest absolute Gasteiger partial charge is 0.496 e. The first-order chi connectivity index (χ1) is 9.17. The Morgan fingerprint density at radius 3 is 2.68 bits per heavy atom. The van der Waals surface area contributed by atoms with Crippen molar-refractivity contribution < 1.29 is 9.53 Å². The number of nitrogens with two attached hydrogens (primary N) is 1. The molecule has 100 valence electrons. The van der Waals surface area contributed by atoms with Crippen LogP contribution in [-0.2, 0) is 4.79 Å². The summed E-state index contributed by atoms with van der Waals surface area (Å²) in [7, 11) is 3.44. The number of carbonyl (C=O) groups is 1. The molecule has 4 heteroatoms. The molecule has 2 aromatic rings. The highest BCUT2D eigenvalue weighted by Crippen LogP contribution is 2.34. The molecule has 3 N–H and O–H groups in total. The van der Waals surface area contributed by atoms with Crippen LogP contribution < -0.4 is 15.8 Å². The number of nitrogens with one attached hydrogen (secondary N) is 1. The summed E-state index contributed by atoms with van der Waals surface area (Å²) in [5, 5.41) is 5.32. The number of hydrogen-bond acceptors (Lipinski definition) is 3. The molecular formula is C15H18N2O2. The molecule has 2 rings (SSSR count). The number of carbonyl (C=O) groups excluding carboxylic acids is 1. The Morgan fingerprint density at radius 2 is 2.05 bits per heavy atom. The van der Waals surface area contributed by atoms with Crippen molar-refractivity contribution in [2.24, 2.45) is 5.73 Å². The molecule has 0 aliphatic carbocycles. The molecule has 19 heavy (non-hydrogen) atoms. The predicted molar refractivity (Wildman–Crippen MR) is 76.1 cm³/mol. The van der Waals surface area contributed by atoms with Gasteiger partial charge in [0.05, 0.1) is 7.11 Å². The van der Waals surface area contributed by atoms with Gasteiger partial charge in [0, 0.05) is 18.0 Å². The normalized spacial score (nSPS) is 12.3. The third-order valence-corrected chi connectivity index (χ3v) is 3.25. The number of primary amides is 1. The highest BCUT2D eigenvalue weighted by Gasteiger charge is 2.19. The predicted octanol–water partition coefficient (Wildman–Crippen LogP) is 1.98. The lowest BCUT2D eigenvalue weighted by molar-refractivity contribution is -0.118. The lowest BCUT2D eigenvalue weighted by atomic mass is 9.95. The molecule has 0 fully saturated rings. The first kappa shape index (κ1) is 13.4. The number of rotatable bonds is 5. The second-order valence-electron chi connectivity index (χ2n) is 4.41. The quantitative estimate of drug-likeness (QED) is 0.862. The standard InChI is InChI=1S/C15H18N2O2/c1-17-12(9-14(16)18)15-11-6-4-3-5-10(11)7-8-13(15)19-2/h3-8,12,17H,9H2,1-2H3,(H2,16,18). The van der Waals surface area contributed by atoms with E-state index in [1.165, 1.54) is 0 Å². The van der Waals surface area contributed by atoms with E-state index < -0.39 is 0 Å². The molecule has 0 aliphatic rings. The molecule has 0 saturated heterocycles. The van der Waals surface area contributed by atoms with Gasteiger partial charge in [-0.3, -0.25) is 4.79 Å². The maximum atomic E-state index is 11.2. The summed E-state index contributed by atoms with van der Waals surface area (Å²) in [6.45, 7) is 0. The molecule has 4 nitrogen and oxygen atoms in total. The first-order valence-corrected chi connectivity index (χ1v) is 6.18. The Kier molecular flexibility index (Phi) is 4.02. The van der Waals surface area contributed by atoms with Gasteiger partial charge < -0.3 is 15.8 Å². The third-order valence-electron chi connectivity index (χ3n) is 3.25. The Morgan fingerprint density at radius 1 is 1.32 bits per heavy atom. The SMILES string of the molecule is CNC(CC(N)=O)c1c(OC)ccc2ccccc12. The zero-order valence-electron chi connectivity index (χ0n) is 11.1. The van der Waals surface area contributed by atoms with Crippen LogP contribution in [0.25, 0.3) is 10.8 Å². The summed E-state index contributed by atoms with van der Waals surface area (Å²) in [5.41, 5.74) is 6.30. The van der Waals surface area contributed by atoms with Gasteiger partial charge in [0.1, 0.15) is 5.75 Å². The number of amides is 1. The zero-order chi connectivity index (χ0) is 13.8. The second-order valence-corrected chi connectivity index (χ2v) is 4.41. The summed E-state index contributed by atoms with van der Waals surface area (Å²) >= 11 is 0. The molecule has 1 unspecified atom stereocenters. The smallest absolute Gasteiger partial charge is 0.219 e. The van der Waals surface area contributed by atoms with E-state index in [4.69, 9.17) is 10.5 Å². The highest BCUT2D eigenvalue weighted by molar-refractivity contribution is 5.89. The summed E-state index contributed by atoms with van der Waals surface area (Å²) in [4.78, 5) is 11.2. The molecule has 0 spiro atoms. The number of methoxy groups -OCH3 is 1. The van der Waals surface area contributed by atoms with Gasteiger partial charge in [0.25, 0.3) is 0 Å². The average molecular weight is 258 g/mol. The molecule has 0 bridgehead atoms. The van der Waals surface area contributed by atoms with Crippen LogP contribution >= 0.6 is 0 Å². The van der Waals surface area contributed by atoms with E-state index in [2.05, 4.69) is 5.32 Å². The van der Waals surface area contributed by atoms with E-state index in [0.717, 1.165) is 22.1 Å². The summed E-state index contributed by atoms with van der Waals surface area (Å²) in [5.74, 6) is 0.425. The fourth-order valence-electron chi connectivity index (χ4n) is 2.36. The van der Waals surface area contributed by atoms with Crippen molar-refractivity contribution in [2.45, 2.75) is 12.5 Å². The minimum absolute atomic E-state index is 0.154. The Labute approximate surface area is 112 Å². The van der Waals surface area contributed by atoms with Crippen molar-refractivity contribution >= 4 is 16.7 Å². The van der Waals surface area contributed by atoms with Gasteiger partial charge in [-0.25, -0.2) is 0 Å². The van der Waals surface area contributed by atoms with Crippen molar-refractivity contribution in [3.8, 4) is 5.75 Å². The van der Waals surface area contributed by atoms with Gasteiger partial charge in [0.15, 0.2) is 0 Å². The highest BCUT2D eigenvalue weighted by atomic mass is 16.5. The Balaban J connectivity index is 2.63. The average Bonchev–Trinajstić information content (AvgIpc) is 2.43. The van der Waals surface area contributed by atoms with Crippen LogP contribution in [-0.4, -0.2) is 20.1 Å². The van der Waals surface area contributed by atoms with Crippen molar-refractivity contribution in [1.82, 2.24) is 5.32 Å². The Hall–Kier alpha value is -2.07. The van der Waals surface area contributed by atoms with Crippen LogP contribution in [0.4, 0.5) is 0 Å². The van der Waals surface area contributed by atoms with Gasteiger partial charge in [-0.1, -0.05) is 30.3 Å². The molecule has 1 atom stereocenters. The zero-order valence-corrected chi connectivity index (χ0v) is 11.1. The van der Waals surface area contributed by atoms with E-state index in [1.807, 2.05) is 43.4 Å². The van der Waals surface area contributed by atoms with Crippen LogP contribution in [0, 0.1) is 0 Å². The van der Waals surface area contributed by atoms with Crippen LogP contribution in [0.15, 0.2) is 36.4 Å². The number of ether oxygens (including phenoxy) is 1. The van der Waals surface area contributed by atoms with E-state index in [9.17, 15) is 4.79 Å². The summed E-state index contributed by atoms with van der Waals surface area (Å²) in [6, 6.07) is 11.8. The lowest BCUT2D eigenvalue weighted by Gasteiger charge is -2.20. The molecule has 2 aromatic carbocycles. The maximum absolute atomic E-state index is 11.2. The van der Waals surface area contributed by atoms with E-state index in [0.29, 0.717) is 0 Å². The number of fused-ring (bicyclic) bond motifs is 1. The Bertz CT molecular complexity index is 596. The van der Waals surface area contributed by atoms with Crippen LogP contribution in [0.5, 0.6) is 5.75 Å². The molecule has 0 aliphatic heterocycles. The van der Waals surface area contributed by atoms with Crippen molar-refractivity contribution in [1.29, 1.82) is 0 Å². The van der Waals surface area contributed by atoms with Crippen molar-refractivity contribution in [3.05, 3.63) is 42.0 Å². The van der Waals surface area contributed by atoms with Gasteiger partial charge in [-0.15, -0.1) is 0 Å². The fraction of sp³-hybridized carbons (Fsp3) is 0.267. The molecule has 1 amide bonds. The van der Waals surface area contributed by atoms with E-state index >= 15 is 0 Å². The van der Waals surface area contributed by atoms with Crippen LogP contribution in [0.3, 0.4) is 0 Å². The summed E-state index contributed by atoms with van der Waals surface area (Å²) in [6.07, 6.45) is 0.237. The number of benzene rings is 2. The number of hydrogen-bond donors (Lipinski definition) is 2. The third kappa shape index (κ3) is 2.69. The van der Waals surface area contributed by atoms with Gasteiger partial charge in [-0.05, 0) is 23.9 Å². The maximum Gasteiger partial charge on any atom is 0.219 e. The lowest BCUT2D eigenvalue weighted by Crippen LogP contribution is -2.24. The van der Waals surface area contributed by atoms with Crippen molar-refractivity contribution in [3.63, 3.8) is 0 Å². The minimum atomic E-state index is -0.339. The molecule has 0 heterocycles. The molecule has 0 saturated carbocycles. The fourth-order valence-corrected chi connectivity index (χ4v) is 2.36. The first-order valence-electron chi connectivity index (χ1n) is 6.18. The second kappa shape index (κ2) is 5.71. The van der Waals surface area contributed by atoms with Gasteiger partial charge in [0.2, 0.25) is 5.91 Å².